The average molecular weight is 348 g/mol. The van der Waals surface area contributed by atoms with E-state index in [4.69, 9.17) is 0 Å². The molecule has 1 aromatic carbocycles. The van der Waals surface area contributed by atoms with Crippen molar-refractivity contribution in [3.05, 3.63) is 47.2 Å². The third-order valence-corrected chi connectivity index (χ3v) is 4.09. The summed E-state index contributed by atoms with van der Waals surface area (Å²) in [5.74, 6) is -1.38. The van der Waals surface area contributed by atoms with E-state index in [9.17, 15) is 18.8 Å². The third kappa shape index (κ3) is 3.57. The molecule has 0 bridgehead atoms. The van der Waals surface area contributed by atoms with Crippen LogP contribution in [0.2, 0.25) is 0 Å². The van der Waals surface area contributed by atoms with Gasteiger partial charge in [0.25, 0.3) is 5.91 Å². The smallest absolute Gasteiger partial charge is 0.325 e. The summed E-state index contributed by atoms with van der Waals surface area (Å²) in [6.07, 6.45) is 1.35. The summed E-state index contributed by atoms with van der Waals surface area (Å²) < 4.78 is 13.2. The van der Waals surface area contributed by atoms with Gasteiger partial charge in [-0.15, -0.1) is 11.3 Å². The highest BCUT2D eigenvalue weighted by molar-refractivity contribution is 7.13. The number of halogens is 1. The molecule has 2 heterocycles. The molecule has 7 nitrogen and oxygen atoms in total. The van der Waals surface area contributed by atoms with Gasteiger partial charge in [-0.1, -0.05) is 12.1 Å². The lowest BCUT2D eigenvalue weighted by atomic mass is 10.1. The molecule has 9 heteroatoms. The Labute approximate surface area is 140 Å². The average Bonchev–Trinajstić information content (AvgIpc) is 3.12. The van der Waals surface area contributed by atoms with E-state index in [1.165, 1.54) is 29.5 Å². The Morgan fingerprint density at radius 2 is 2.25 bits per heavy atom. The van der Waals surface area contributed by atoms with Crippen LogP contribution in [0.5, 0.6) is 0 Å². The number of nitrogens with one attached hydrogen (secondary N) is 2. The molecule has 0 saturated carbocycles. The van der Waals surface area contributed by atoms with Gasteiger partial charge in [-0.3, -0.25) is 14.5 Å². The normalized spacial score (nSPS) is 17.0. The zero-order valence-electron chi connectivity index (χ0n) is 12.4. The zero-order chi connectivity index (χ0) is 17.1. The SMILES string of the molecule is O=C(C[C@H]1NC(=O)N(Cc2cccc(F)c2)C1=O)Nc1nccs1. The van der Waals surface area contributed by atoms with E-state index >= 15 is 0 Å². The first-order valence-electron chi connectivity index (χ1n) is 7.08. The zero-order valence-corrected chi connectivity index (χ0v) is 13.2. The monoisotopic (exact) mass is 348 g/mol. The van der Waals surface area contributed by atoms with Crippen molar-refractivity contribution in [1.82, 2.24) is 15.2 Å². The van der Waals surface area contributed by atoms with E-state index in [-0.39, 0.29) is 13.0 Å². The first-order chi connectivity index (χ1) is 11.5. The summed E-state index contributed by atoms with van der Waals surface area (Å²) in [7, 11) is 0. The van der Waals surface area contributed by atoms with Gasteiger partial charge in [-0.2, -0.15) is 0 Å². The number of imide groups is 1. The molecule has 1 aliphatic rings. The Morgan fingerprint density at radius 3 is 2.96 bits per heavy atom. The van der Waals surface area contributed by atoms with Crippen molar-refractivity contribution < 1.29 is 18.8 Å². The van der Waals surface area contributed by atoms with Crippen LogP contribution < -0.4 is 10.6 Å². The molecule has 2 N–H and O–H groups in total. The summed E-state index contributed by atoms with van der Waals surface area (Å²) >= 11 is 1.25. The number of hydrogen-bond donors (Lipinski definition) is 2. The van der Waals surface area contributed by atoms with Gasteiger partial charge in [-0.05, 0) is 17.7 Å². The second kappa shape index (κ2) is 6.75. The number of aromatic nitrogens is 1. The van der Waals surface area contributed by atoms with Crippen LogP contribution in [-0.4, -0.2) is 33.8 Å². The van der Waals surface area contributed by atoms with E-state index in [0.29, 0.717) is 10.7 Å². The van der Waals surface area contributed by atoms with Gasteiger partial charge < -0.3 is 10.6 Å². The fourth-order valence-corrected chi connectivity index (χ4v) is 2.87. The summed E-state index contributed by atoms with van der Waals surface area (Å²) in [6, 6.07) is 4.11. The topological polar surface area (TPSA) is 91.4 Å². The molecule has 1 atom stereocenters. The number of thiazole rings is 1. The lowest BCUT2D eigenvalue weighted by molar-refractivity contribution is -0.130. The Balaban J connectivity index is 1.62. The molecule has 0 radical (unpaired) electrons. The summed E-state index contributed by atoms with van der Waals surface area (Å²) in [4.78, 5) is 41.0. The highest BCUT2D eigenvalue weighted by Crippen LogP contribution is 2.16. The Hall–Kier alpha value is -2.81. The van der Waals surface area contributed by atoms with Crippen molar-refractivity contribution in [2.24, 2.45) is 0 Å². The molecular formula is C15H13FN4O3S. The van der Waals surface area contributed by atoms with Gasteiger partial charge in [-0.25, -0.2) is 14.2 Å². The highest BCUT2D eigenvalue weighted by atomic mass is 32.1. The van der Waals surface area contributed by atoms with Crippen LogP contribution in [0, 0.1) is 5.82 Å². The van der Waals surface area contributed by atoms with E-state index < -0.39 is 29.7 Å². The van der Waals surface area contributed by atoms with Crippen molar-refractivity contribution in [2.75, 3.05) is 5.32 Å². The van der Waals surface area contributed by atoms with Crippen molar-refractivity contribution >= 4 is 34.3 Å². The predicted octanol–water partition coefficient (Wildman–Crippen LogP) is 1.73. The first kappa shape index (κ1) is 16.1. The Kier molecular flexibility index (Phi) is 4.52. The largest absolute Gasteiger partial charge is 0.325 e. The van der Waals surface area contributed by atoms with Crippen molar-refractivity contribution in [2.45, 2.75) is 19.0 Å². The molecule has 4 amide bonds. The van der Waals surface area contributed by atoms with Gasteiger partial charge in [0.15, 0.2) is 5.13 Å². The van der Waals surface area contributed by atoms with Crippen molar-refractivity contribution in [1.29, 1.82) is 0 Å². The van der Waals surface area contributed by atoms with Gasteiger partial charge in [0, 0.05) is 11.6 Å². The number of amides is 4. The van der Waals surface area contributed by atoms with Gasteiger partial charge >= 0.3 is 6.03 Å². The van der Waals surface area contributed by atoms with Crippen molar-refractivity contribution in [3.8, 4) is 0 Å². The van der Waals surface area contributed by atoms with E-state index in [0.717, 1.165) is 4.90 Å². The van der Waals surface area contributed by atoms with Crippen LogP contribution in [0.4, 0.5) is 14.3 Å². The first-order valence-corrected chi connectivity index (χ1v) is 7.96. The van der Waals surface area contributed by atoms with Crippen LogP contribution in [0.1, 0.15) is 12.0 Å². The highest BCUT2D eigenvalue weighted by Gasteiger charge is 2.39. The summed E-state index contributed by atoms with van der Waals surface area (Å²) in [6.45, 7) is -0.0486. The molecule has 0 unspecified atom stereocenters. The molecule has 2 aromatic rings. The molecule has 0 spiro atoms. The standard InChI is InChI=1S/C15H13FN4O3S/c16-10-3-1-2-9(6-10)8-20-13(22)11(18-15(20)23)7-12(21)19-14-17-4-5-24-14/h1-6,11H,7-8H2,(H,18,23)(H,17,19,21)/t11-/m1/s1. The number of carbonyl (C=O) groups is 3. The van der Waals surface area contributed by atoms with Crippen LogP contribution in [0.15, 0.2) is 35.8 Å². The second-order valence-electron chi connectivity index (χ2n) is 5.15. The lowest BCUT2D eigenvalue weighted by Gasteiger charge is -2.13. The number of nitrogens with zero attached hydrogens (tertiary/aromatic N) is 2. The molecule has 24 heavy (non-hydrogen) atoms. The predicted molar refractivity (Wildman–Crippen MR) is 84.6 cm³/mol. The van der Waals surface area contributed by atoms with Crippen molar-refractivity contribution in [3.63, 3.8) is 0 Å². The van der Waals surface area contributed by atoms with Crippen LogP contribution in [0.3, 0.4) is 0 Å². The maximum Gasteiger partial charge on any atom is 0.325 e. The minimum absolute atomic E-state index is 0.0486. The maximum atomic E-state index is 13.2. The van der Waals surface area contributed by atoms with E-state index in [1.807, 2.05) is 0 Å². The number of rotatable bonds is 5. The number of urea groups is 1. The van der Waals surface area contributed by atoms with Crippen LogP contribution >= 0.6 is 11.3 Å². The molecule has 124 valence electrons. The van der Waals surface area contributed by atoms with Gasteiger partial charge in [0.05, 0.1) is 13.0 Å². The minimum Gasteiger partial charge on any atom is -0.325 e. The van der Waals surface area contributed by atoms with Crippen LogP contribution in [-0.2, 0) is 16.1 Å². The van der Waals surface area contributed by atoms with E-state index in [1.54, 1.807) is 17.6 Å². The maximum absolute atomic E-state index is 13.2. The molecule has 0 aliphatic carbocycles. The fraction of sp³-hybridized carbons (Fsp3) is 0.200. The molecule has 1 fully saturated rings. The van der Waals surface area contributed by atoms with Gasteiger partial charge in [0.2, 0.25) is 5.91 Å². The summed E-state index contributed by atoms with van der Waals surface area (Å²) in [5, 5.41) is 7.15. The summed E-state index contributed by atoms with van der Waals surface area (Å²) in [5.41, 5.74) is 0.492. The molecule has 1 aliphatic heterocycles. The lowest BCUT2D eigenvalue weighted by Crippen LogP contribution is -2.34. The fourth-order valence-electron chi connectivity index (χ4n) is 2.32. The third-order valence-electron chi connectivity index (χ3n) is 3.40. The number of hydrogen-bond acceptors (Lipinski definition) is 5. The Bertz CT molecular complexity index is 781. The number of benzene rings is 1. The molecule has 1 saturated heterocycles. The Morgan fingerprint density at radius 1 is 1.42 bits per heavy atom. The number of carbonyl (C=O) groups excluding carboxylic acids is 3. The molecule has 3 rings (SSSR count). The molecular weight excluding hydrogens is 335 g/mol. The van der Waals surface area contributed by atoms with E-state index in [2.05, 4.69) is 15.6 Å². The van der Waals surface area contributed by atoms with Gasteiger partial charge in [0.1, 0.15) is 11.9 Å². The second-order valence-corrected chi connectivity index (χ2v) is 6.04. The minimum atomic E-state index is -0.939. The van der Waals surface area contributed by atoms with Crippen LogP contribution in [0.25, 0.3) is 0 Å². The number of anilines is 1. The quantitative estimate of drug-likeness (QED) is 0.805. The molecule has 1 aromatic heterocycles.